The maximum absolute atomic E-state index is 12.5. The van der Waals surface area contributed by atoms with E-state index in [2.05, 4.69) is 24.5 Å². The second-order valence-corrected chi connectivity index (χ2v) is 6.65. The lowest BCUT2D eigenvalue weighted by Gasteiger charge is -2.46. The molecule has 1 saturated heterocycles. The minimum atomic E-state index is -0.210. The third kappa shape index (κ3) is 2.30. The van der Waals surface area contributed by atoms with Crippen molar-refractivity contribution in [1.82, 2.24) is 10.6 Å². The van der Waals surface area contributed by atoms with E-state index in [0.717, 1.165) is 12.0 Å². The maximum Gasteiger partial charge on any atom is 0.315 e. The molecular formula is C16H20N2O2. The third-order valence-corrected chi connectivity index (χ3v) is 4.35. The van der Waals surface area contributed by atoms with E-state index < -0.39 is 0 Å². The summed E-state index contributed by atoms with van der Waals surface area (Å²) in [5.74, 6) is 0.0794. The first-order chi connectivity index (χ1) is 9.46. The first-order valence-electron chi connectivity index (χ1n) is 7.11. The molecular weight excluding hydrogens is 252 g/mol. The number of rotatable bonds is 1. The summed E-state index contributed by atoms with van der Waals surface area (Å²) in [7, 11) is 0. The molecule has 0 spiro atoms. The van der Waals surface area contributed by atoms with Crippen LogP contribution in [0, 0.1) is 11.3 Å². The van der Waals surface area contributed by atoms with Crippen molar-refractivity contribution in [2.75, 3.05) is 0 Å². The van der Waals surface area contributed by atoms with Crippen molar-refractivity contribution in [3.05, 3.63) is 35.9 Å². The Kier molecular flexibility index (Phi) is 3.04. The van der Waals surface area contributed by atoms with Gasteiger partial charge in [0.15, 0.2) is 0 Å². The van der Waals surface area contributed by atoms with Gasteiger partial charge in [-0.3, -0.25) is 4.79 Å². The van der Waals surface area contributed by atoms with Crippen LogP contribution in [0.1, 0.15) is 38.3 Å². The summed E-state index contributed by atoms with van der Waals surface area (Å²) in [5.41, 5.74) is 0.967. The molecule has 0 aromatic heterocycles. The molecule has 2 amide bonds. The van der Waals surface area contributed by atoms with Crippen molar-refractivity contribution < 1.29 is 9.59 Å². The number of hydrogen-bond acceptors (Lipinski definition) is 2. The topological polar surface area (TPSA) is 58.2 Å². The molecule has 3 atom stereocenters. The van der Waals surface area contributed by atoms with Gasteiger partial charge in [0.25, 0.3) is 0 Å². The van der Waals surface area contributed by atoms with Crippen LogP contribution in [-0.4, -0.2) is 17.9 Å². The summed E-state index contributed by atoms with van der Waals surface area (Å²) in [4.78, 5) is 24.4. The summed E-state index contributed by atoms with van der Waals surface area (Å²) in [5, 5.41) is 5.85. The number of hydrogen-bond donors (Lipinski definition) is 2. The molecule has 3 unspecified atom stereocenters. The Labute approximate surface area is 118 Å². The van der Waals surface area contributed by atoms with Gasteiger partial charge in [0.1, 0.15) is 5.78 Å². The van der Waals surface area contributed by atoms with E-state index in [1.807, 2.05) is 30.3 Å². The Morgan fingerprint density at radius 3 is 2.50 bits per heavy atom. The molecule has 2 fully saturated rings. The fraction of sp³-hybridized carbons (Fsp3) is 0.500. The van der Waals surface area contributed by atoms with E-state index >= 15 is 0 Å². The predicted molar refractivity (Wildman–Crippen MR) is 76.2 cm³/mol. The van der Waals surface area contributed by atoms with Gasteiger partial charge >= 0.3 is 6.03 Å². The van der Waals surface area contributed by atoms with Gasteiger partial charge in [-0.15, -0.1) is 0 Å². The van der Waals surface area contributed by atoms with Gasteiger partial charge in [-0.05, 0) is 17.4 Å². The van der Waals surface area contributed by atoms with Crippen molar-refractivity contribution >= 4 is 11.8 Å². The highest BCUT2D eigenvalue weighted by atomic mass is 16.2. The van der Waals surface area contributed by atoms with Crippen LogP contribution in [0.15, 0.2) is 30.3 Å². The fourth-order valence-electron chi connectivity index (χ4n) is 3.56. The van der Waals surface area contributed by atoms with Gasteiger partial charge in [0.05, 0.1) is 12.0 Å². The van der Waals surface area contributed by atoms with E-state index in [4.69, 9.17) is 0 Å². The molecule has 106 valence electrons. The summed E-state index contributed by atoms with van der Waals surface area (Å²) in [6.45, 7) is 4.18. The predicted octanol–water partition coefficient (Wildman–Crippen LogP) is 2.41. The van der Waals surface area contributed by atoms with Crippen LogP contribution in [0.3, 0.4) is 0 Å². The number of carbonyl (C=O) groups is 2. The Bertz CT molecular complexity index is 539. The standard InChI is InChI=1S/C16H20N2O2/c1-16(2)8-11-13(12(19)9-16)14(18-15(20)17-11)10-6-4-3-5-7-10/h3-7,11,13-14H,8-9H2,1-2H3,(H2,17,18,20). The van der Waals surface area contributed by atoms with Crippen LogP contribution in [-0.2, 0) is 4.79 Å². The van der Waals surface area contributed by atoms with Gasteiger partial charge in [-0.2, -0.15) is 0 Å². The summed E-state index contributed by atoms with van der Waals surface area (Å²) in [6.07, 6.45) is 1.43. The average Bonchev–Trinajstić information content (AvgIpc) is 2.36. The SMILES string of the molecule is CC1(C)CC(=O)C2C(C1)NC(=O)NC2c1ccccc1. The third-order valence-electron chi connectivity index (χ3n) is 4.35. The normalized spacial score (nSPS) is 32.0. The number of Topliss-reactive ketones (excluding diaryl/α,β-unsaturated/α-hetero) is 1. The summed E-state index contributed by atoms with van der Waals surface area (Å²) >= 11 is 0. The first kappa shape index (κ1) is 13.2. The molecule has 20 heavy (non-hydrogen) atoms. The smallest absolute Gasteiger partial charge is 0.315 e. The van der Waals surface area contributed by atoms with Crippen molar-refractivity contribution in [2.24, 2.45) is 11.3 Å². The number of fused-ring (bicyclic) bond motifs is 1. The van der Waals surface area contributed by atoms with E-state index in [1.54, 1.807) is 0 Å². The Hall–Kier alpha value is -1.84. The second kappa shape index (κ2) is 4.62. The highest BCUT2D eigenvalue weighted by Crippen LogP contribution is 2.42. The molecule has 1 aromatic carbocycles. The number of nitrogens with one attached hydrogen (secondary N) is 2. The highest BCUT2D eigenvalue weighted by molar-refractivity contribution is 5.88. The van der Waals surface area contributed by atoms with E-state index in [9.17, 15) is 9.59 Å². The highest BCUT2D eigenvalue weighted by Gasteiger charge is 2.48. The number of benzene rings is 1. The lowest BCUT2D eigenvalue weighted by molar-refractivity contribution is -0.130. The van der Waals surface area contributed by atoms with E-state index in [0.29, 0.717) is 6.42 Å². The number of urea groups is 1. The summed E-state index contributed by atoms with van der Waals surface area (Å²) < 4.78 is 0. The second-order valence-electron chi connectivity index (χ2n) is 6.65. The largest absolute Gasteiger partial charge is 0.335 e. The molecule has 1 aliphatic heterocycles. The van der Waals surface area contributed by atoms with Crippen LogP contribution < -0.4 is 10.6 Å². The van der Waals surface area contributed by atoms with Crippen LogP contribution >= 0.6 is 0 Å². The number of ketones is 1. The van der Waals surface area contributed by atoms with Gasteiger partial charge in [-0.25, -0.2) is 4.79 Å². The number of amides is 2. The minimum absolute atomic E-state index is 0.0376. The minimum Gasteiger partial charge on any atom is -0.335 e. The zero-order valence-electron chi connectivity index (χ0n) is 11.8. The van der Waals surface area contributed by atoms with Gasteiger partial charge in [0, 0.05) is 12.5 Å². The van der Waals surface area contributed by atoms with Crippen molar-refractivity contribution in [3.8, 4) is 0 Å². The first-order valence-corrected chi connectivity index (χ1v) is 7.11. The van der Waals surface area contributed by atoms with Gasteiger partial charge in [-0.1, -0.05) is 44.2 Å². The molecule has 3 rings (SSSR count). The Balaban J connectivity index is 1.95. The van der Waals surface area contributed by atoms with Crippen molar-refractivity contribution in [3.63, 3.8) is 0 Å². The molecule has 2 aliphatic rings. The van der Waals surface area contributed by atoms with Crippen LogP contribution in [0.2, 0.25) is 0 Å². The molecule has 4 heteroatoms. The molecule has 1 aromatic rings. The zero-order chi connectivity index (χ0) is 14.3. The van der Waals surface area contributed by atoms with Gasteiger partial charge in [0.2, 0.25) is 0 Å². The Morgan fingerprint density at radius 1 is 1.10 bits per heavy atom. The van der Waals surface area contributed by atoms with Crippen LogP contribution in [0.25, 0.3) is 0 Å². The summed E-state index contributed by atoms with van der Waals surface area (Å²) in [6, 6.07) is 9.32. The maximum atomic E-state index is 12.5. The monoisotopic (exact) mass is 272 g/mol. The Morgan fingerprint density at radius 2 is 1.80 bits per heavy atom. The van der Waals surface area contributed by atoms with Crippen LogP contribution in [0.4, 0.5) is 4.79 Å². The number of carbonyl (C=O) groups excluding carboxylic acids is 2. The van der Waals surface area contributed by atoms with Gasteiger partial charge < -0.3 is 10.6 Å². The van der Waals surface area contributed by atoms with E-state index in [-0.39, 0.29) is 35.2 Å². The fourth-order valence-corrected chi connectivity index (χ4v) is 3.56. The lowest BCUT2D eigenvalue weighted by atomic mass is 9.66. The molecule has 0 bridgehead atoms. The molecule has 1 saturated carbocycles. The lowest BCUT2D eigenvalue weighted by Crippen LogP contribution is -2.61. The molecule has 1 aliphatic carbocycles. The van der Waals surface area contributed by atoms with Crippen molar-refractivity contribution in [2.45, 2.75) is 38.8 Å². The molecule has 4 nitrogen and oxygen atoms in total. The average molecular weight is 272 g/mol. The molecule has 0 radical (unpaired) electrons. The zero-order valence-corrected chi connectivity index (χ0v) is 11.8. The van der Waals surface area contributed by atoms with Crippen LogP contribution in [0.5, 0.6) is 0 Å². The van der Waals surface area contributed by atoms with E-state index in [1.165, 1.54) is 0 Å². The molecule has 1 heterocycles. The van der Waals surface area contributed by atoms with Crippen molar-refractivity contribution in [1.29, 1.82) is 0 Å². The molecule has 2 N–H and O–H groups in total. The quantitative estimate of drug-likeness (QED) is 0.825.